The average Bonchev–Trinajstić information content (AvgIpc) is 3.18. The molecule has 1 saturated heterocycles. The van der Waals surface area contributed by atoms with Crippen LogP contribution in [0.15, 0.2) is 36.4 Å². The monoisotopic (exact) mass is 458 g/mol. The second-order valence-electron chi connectivity index (χ2n) is 7.85. The fourth-order valence-corrected chi connectivity index (χ4v) is 5.06. The number of aromatic nitrogens is 1. The average molecular weight is 459 g/mol. The number of amides is 1. The number of thiazole rings is 1. The number of carbonyl (C=O) groups excluding carboxylic acids is 1. The van der Waals surface area contributed by atoms with E-state index < -0.39 is 0 Å². The smallest absolute Gasteiger partial charge is 0.257 e. The largest absolute Gasteiger partial charge is 0.484 e. The first-order valence-electron chi connectivity index (χ1n) is 10.5. The van der Waals surface area contributed by atoms with Crippen LogP contribution in [-0.4, -0.2) is 61.7 Å². The standard InChI is InChI=1S/C23H27ClN4O2S/c1-16-13-17(2)22-20(14-16)31-23(26-22)28-11-9-27(10-12-28)8-7-25-21(29)15-30-19-5-3-18(24)4-6-19/h3-6,13-14H,7-12,15H2,1-2H3,(H,25,29). The number of hydrogen-bond acceptors (Lipinski definition) is 6. The summed E-state index contributed by atoms with van der Waals surface area (Å²) in [5, 5.41) is 4.68. The van der Waals surface area contributed by atoms with Crippen LogP contribution in [0.4, 0.5) is 5.13 Å². The molecule has 0 bridgehead atoms. The Balaban J connectivity index is 1.18. The number of rotatable bonds is 7. The van der Waals surface area contributed by atoms with E-state index in [-0.39, 0.29) is 12.5 Å². The van der Waals surface area contributed by atoms with Crippen molar-refractivity contribution < 1.29 is 9.53 Å². The van der Waals surface area contributed by atoms with E-state index in [0.29, 0.717) is 17.3 Å². The molecular weight excluding hydrogens is 432 g/mol. The van der Waals surface area contributed by atoms with Crippen LogP contribution in [0.1, 0.15) is 11.1 Å². The number of ether oxygens (including phenoxy) is 1. The molecule has 3 aromatic rings. The lowest BCUT2D eigenvalue weighted by Crippen LogP contribution is -2.48. The summed E-state index contributed by atoms with van der Waals surface area (Å²) in [6, 6.07) is 11.4. The second kappa shape index (κ2) is 9.85. The molecule has 1 N–H and O–H groups in total. The number of piperazine rings is 1. The minimum absolute atomic E-state index is 0.00586. The van der Waals surface area contributed by atoms with Crippen molar-refractivity contribution >= 4 is 44.2 Å². The van der Waals surface area contributed by atoms with Gasteiger partial charge >= 0.3 is 0 Å². The van der Waals surface area contributed by atoms with Crippen molar-refractivity contribution in [2.24, 2.45) is 0 Å². The maximum Gasteiger partial charge on any atom is 0.257 e. The Labute approximate surface area is 191 Å². The quantitative estimate of drug-likeness (QED) is 0.582. The molecule has 31 heavy (non-hydrogen) atoms. The summed E-state index contributed by atoms with van der Waals surface area (Å²) in [6.45, 7) is 9.54. The first-order valence-corrected chi connectivity index (χ1v) is 11.7. The van der Waals surface area contributed by atoms with Crippen LogP contribution in [0.2, 0.25) is 5.02 Å². The third-order valence-corrected chi connectivity index (χ3v) is 6.71. The van der Waals surface area contributed by atoms with Gasteiger partial charge in [0, 0.05) is 44.3 Å². The van der Waals surface area contributed by atoms with Crippen molar-refractivity contribution in [3.05, 3.63) is 52.5 Å². The van der Waals surface area contributed by atoms with Crippen molar-refractivity contribution in [3.8, 4) is 5.75 Å². The van der Waals surface area contributed by atoms with Crippen molar-refractivity contribution in [1.82, 2.24) is 15.2 Å². The van der Waals surface area contributed by atoms with Gasteiger partial charge in [-0.1, -0.05) is 29.0 Å². The zero-order valence-corrected chi connectivity index (χ0v) is 19.4. The Hall–Kier alpha value is -2.35. The summed E-state index contributed by atoms with van der Waals surface area (Å²) in [6.07, 6.45) is 0. The zero-order valence-electron chi connectivity index (χ0n) is 17.9. The first-order chi connectivity index (χ1) is 15.0. The Bertz CT molecular complexity index is 1050. The number of anilines is 1. The van der Waals surface area contributed by atoms with Crippen LogP contribution >= 0.6 is 22.9 Å². The number of fused-ring (bicyclic) bond motifs is 1. The summed E-state index contributed by atoms with van der Waals surface area (Å²) in [5.41, 5.74) is 3.65. The van der Waals surface area contributed by atoms with E-state index in [4.69, 9.17) is 21.3 Å². The Kier molecular flexibility index (Phi) is 6.95. The van der Waals surface area contributed by atoms with Gasteiger partial charge in [-0.15, -0.1) is 0 Å². The lowest BCUT2D eigenvalue weighted by Gasteiger charge is -2.34. The van der Waals surface area contributed by atoms with E-state index in [1.807, 2.05) is 0 Å². The highest BCUT2D eigenvalue weighted by Gasteiger charge is 2.20. The van der Waals surface area contributed by atoms with Crippen LogP contribution in [0, 0.1) is 13.8 Å². The molecule has 4 rings (SSSR count). The van der Waals surface area contributed by atoms with E-state index in [0.717, 1.165) is 43.4 Å². The lowest BCUT2D eigenvalue weighted by molar-refractivity contribution is -0.123. The minimum Gasteiger partial charge on any atom is -0.484 e. The number of aryl methyl sites for hydroxylation is 2. The molecule has 0 aliphatic carbocycles. The van der Waals surface area contributed by atoms with Gasteiger partial charge in [0.25, 0.3) is 5.91 Å². The Morgan fingerprint density at radius 1 is 1.16 bits per heavy atom. The maximum absolute atomic E-state index is 12.0. The molecule has 2 heterocycles. The highest BCUT2D eigenvalue weighted by Crippen LogP contribution is 2.32. The highest BCUT2D eigenvalue weighted by molar-refractivity contribution is 7.22. The molecule has 0 radical (unpaired) electrons. The van der Waals surface area contributed by atoms with E-state index in [1.54, 1.807) is 35.6 Å². The number of hydrogen-bond donors (Lipinski definition) is 1. The number of halogens is 1. The third-order valence-electron chi connectivity index (χ3n) is 5.40. The van der Waals surface area contributed by atoms with Crippen LogP contribution in [0.3, 0.4) is 0 Å². The molecule has 164 valence electrons. The predicted molar refractivity (Wildman–Crippen MR) is 128 cm³/mol. The molecule has 1 aromatic heterocycles. The van der Waals surface area contributed by atoms with Crippen LogP contribution in [0.5, 0.6) is 5.75 Å². The van der Waals surface area contributed by atoms with Crippen molar-refractivity contribution in [2.45, 2.75) is 13.8 Å². The summed E-state index contributed by atoms with van der Waals surface area (Å²) >= 11 is 7.62. The summed E-state index contributed by atoms with van der Waals surface area (Å²) < 4.78 is 6.73. The molecule has 0 unspecified atom stereocenters. The molecule has 1 aliphatic rings. The molecule has 1 amide bonds. The van der Waals surface area contributed by atoms with E-state index >= 15 is 0 Å². The second-order valence-corrected chi connectivity index (χ2v) is 9.29. The number of benzene rings is 2. The lowest BCUT2D eigenvalue weighted by atomic mass is 10.1. The number of nitrogens with zero attached hydrogens (tertiary/aromatic N) is 3. The molecule has 0 atom stereocenters. The predicted octanol–water partition coefficient (Wildman–Crippen LogP) is 3.88. The fraction of sp³-hybridized carbons (Fsp3) is 0.391. The van der Waals surface area contributed by atoms with E-state index in [1.165, 1.54) is 15.8 Å². The summed E-state index contributed by atoms with van der Waals surface area (Å²) in [5.74, 6) is 0.518. The topological polar surface area (TPSA) is 57.7 Å². The van der Waals surface area contributed by atoms with Crippen molar-refractivity contribution in [2.75, 3.05) is 50.8 Å². The molecule has 1 fully saturated rings. The van der Waals surface area contributed by atoms with Gasteiger partial charge in [0.15, 0.2) is 11.7 Å². The van der Waals surface area contributed by atoms with Crippen LogP contribution in [0.25, 0.3) is 10.2 Å². The zero-order chi connectivity index (χ0) is 21.8. The number of nitrogens with one attached hydrogen (secondary N) is 1. The molecular formula is C23H27ClN4O2S. The third kappa shape index (κ3) is 5.67. The van der Waals surface area contributed by atoms with E-state index in [9.17, 15) is 4.79 Å². The molecule has 1 aliphatic heterocycles. The van der Waals surface area contributed by atoms with Crippen molar-refractivity contribution in [1.29, 1.82) is 0 Å². The first kappa shape index (κ1) is 21.9. The molecule has 8 heteroatoms. The molecule has 6 nitrogen and oxygen atoms in total. The fourth-order valence-electron chi connectivity index (χ4n) is 3.74. The summed E-state index contributed by atoms with van der Waals surface area (Å²) in [4.78, 5) is 21.6. The van der Waals surface area contributed by atoms with Gasteiger partial charge in [0.05, 0.1) is 10.2 Å². The highest BCUT2D eigenvalue weighted by atomic mass is 35.5. The van der Waals surface area contributed by atoms with Crippen molar-refractivity contribution in [3.63, 3.8) is 0 Å². The van der Waals surface area contributed by atoms with Crippen LogP contribution in [-0.2, 0) is 4.79 Å². The van der Waals surface area contributed by atoms with Gasteiger partial charge in [-0.05, 0) is 55.3 Å². The molecule has 2 aromatic carbocycles. The summed E-state index contributed by atoms with van der Waals surface area (Å²) in [7, 11) is 0. The van der Waals surface area contributed by atoms with Gasteiger partial charge in [-0.2, -0.15) is 0 Å². The molecule has 0 spiro atoms. The maximum atomic E-state index is 12.0. The van der Waals surface area contributed by atoms with Gasteiger partial charge in [-0.25, -0.2) is 4.98 Å². The van der Waals surface area contributed by atoms with Gasteiger partial charge in [0.1, 0.15) is 5.75 Å². The van der Waals surface area contributed by atoms with Gasteiger partial charge < -0.3 is 15.0 Å². The normalized spacial score (nSPS) is 14.7. The van der Waals surface area contributed by atoms with Gasteiger partial charge in [-0.3, -0.25) is 9.69 Å². The van der Waals surface area contributed by atoms with Gasteiger partial charge in [0.2, 0.25) is 0 Å². The van der Waals surface area contributed by atoms with Crippen LogP contribution < -0.4 is 15.0 Å². The SMILES string of the molecule is Cc1cc(C)c2nc(N3CCN(CCNC(=O)COc4ccc(Cl)cc4)CC3)sc2c1. The Morgan fingerprint density at radius 2 is 1.90 bits per heavy atom. The van der Waals surface area contributed by atoms with E-state index in [2.05, 4.69) is 41.1 Å². The number of carbonyl (C=O) groups is 1. The molecule has 0 saturated carbocycles. The Morgan fingerprint density at radius 3 is 2.65 bits per heavy atom. The minimum atomic E-state index is -0.117.